The Morgan fingerprint density at radius 2 is 2.33 bits per heavy atom. The number of amides is 1. The minimum Gasteiger partial charge on any atom is -0.488 e. The van der Waals surface area contributed by atoms with Crippen molar-refractivity contribution in [3.63, 3.8) is 0 Å². The first-order chi connectivity index (χ1) is 8.74. The van der Waals surface area contributed by atoms with Crippen LogP contribution in [0.15, 0.2) is 24.5 Å². The van der Waals surface area contributed by atoms with Gasteiger partial charge in [0.15, 0.2) is 0 Å². The van der Waals surface area contributed by atoms with E-state index in [-0.39, 0.29) is 12.0 Å². The number of rotatable bonds is 2. The van der Waals surface area contributed by atoms with Crippen LogP contribution in [0.1, 0.15) is 19.8 Å². The largest absolute Gasteiger partial charge is 0.488 e. The van der Waals surface area contributed by atoms with E-state index in [0.29, 0.717) is 11.8 Å². The zero-order valence-electron chi connectivity index (χ0n) is 10.6. The van der Waals surface area contributed by atoms with E-state index in [1.165, 1.54) is 6.42 Å². The highest BCUT2D eigenvalue weighted by molar-refractivity contribution is 5.73. The predicted octanol–water partition coefficient (Wildman–Crippen LogP) is 1.72. The van der Waals surface area contributed by atoms with Gasteiger partial charge < -0.3 is 9.64 Å². The molecule has 2 heterocycles. The van der Waals surface area contributed by atoms with Crippen LogP contribution >= 0.6 is 0 Å². The third kappa shape index (κ3) is 2.07. The molecule has 2 fully saturated rings. The highest BCUT2D eigenvalue weighted by Crippen LogP contribution is 2.39. The summed E-state index contributed by atoms with van der Waals surface area (Å²) in [5.74, 6) is 2.14. The van der Waals surface area contributed by atoms with E-state index in [0.717, 1.165) is 25.3 Å². The lowest BCUT2D eigenvalue weighted by atomic mass is 9.99. The van der Waals surface area contributed by atoms with Gasteiger partial charge in [-0.3, -0.25) is 9.78 Å². The quantitative estimate of drug-likeness (QED) is 0.798. The van der Waals surface area contributed by atoms with Crippen LogP contribution in [0, 0.1) is 11.8 Å². The van der Waals surface area contributed by atoms with Gasteiger partial charge in [0.25, 0.3) is 0 Å². The van der Waals surface area contributed by atoms with Crippen LogP contribution in [-0.4, -0.2) is 35.0 Å². The molecule has 0 bridgehead atoms. The van der Waals surface area contributed by atoms with Crippen molar-refractivity contribution in [2.45, 2.75) is 25.9 Å². The molecule has 96 valence electrons. The number of hydrogen-bond donors (Lipinski definition) is 0. The summed E-state index contributed by atoms with van der Waals surface area (Å²) in [6.07, 6.45) is 6.00. The van der Waals surface area contributed by atoms with Crippen LogP contribution < -0.4 is 4.74 Å². The number of carbonyl (C=O) groups excluding carboxylic acids is 1. The van der Waals surface area contributed by atoms with Crippen LogP contribution in [0.4, 0.5) is 0 Å². The van der Waals surface area contributed by atoms with Gasteiger partial charge in [-0.05, 0) is 30.9 Å². The third-order valence-corrected chi connectivity index (χ3v) is 4.16. The summed E-state index contributed by atoms with van der Waals surface area (Å²) in [4.78, 5) is 17.4. The molecule has 1 aliphatic carbocycles. The van der Waals surface area contributed by atoms with Gasteiger partial charge >= 0.3 is 0 Å². The topological polar surface area (TPSA) is 42.4 Å². The van der Waals surface area contributed by atoms with Crippen molar-refractivity contribution in [3.8, 4) is 5.75 Å². The van der Waals surface area contributed by atoms with Gasteiger partial charge in [-0.15, -0.1) is 0 Å². The van der Waals surface area contributed by atoms with E-state index in [1.54, 1.807) is 19.3 Å². The Labute approximate surface area is 107 Å². The van der Waals surface area contributed by atoms with Crippen molar-refractivity contribution in [2.24, 2.45) is 11.8 Å². The van der Waals surface area contributed by atoms with Crippen LogP contribution in [0.25, 0.3) is 0 Å². The Hall–Kier alpha value is -1.58. The Bertz CT molecular complexity index is 435. The van der Waals surface area contributed by atoms with Gasteiger partial charge in [-0.2, -0.15) is 0 Å². The molecule has 0 aromatic carbocycles. The van der Waals surface area contributed by atoms with E-state index in [2.05, 4.69) is 4.98 Å². The molecule has 1 aliphatic heterocycles. The fourth-order valence-electron chi connectivity index (χ4n) is 3.21. The van der Waals surface area contributed by atoms with Crippen molar-refractivity contribution in [2.75, 3.05) is 13.1 Å². The molecule has 1 aromatic rings. The lowest BCUT2D eigenvalue weighted by Crippen LogP contribution is -2.30. The third-order valence-electron chi connectivity index (χ3n) is 4.16. The van der Waals surface area contributed by atoms with Crippen molar-refractivity contribution < 1.29 is 9.53 Å². The molecule has 0 spiro atoms. The van der Waals surface area contributed by atoms with Gasteiger partial charge in [0.2, 0.25) is 5.91 Å². The van der Waals surface area contributed by atoms with Crippen LogP contribution in [0.3, 0.4) is 0 Å². The molecule has 0 unspecified atom stereocenters. The summed E-state index contributed by atoms with van der Waals surface area (Å²) in [5.41, 5.74) is 0. The zero-order chi connectivity index (χ0) is 12.5. The summed E-state index contributed by atoms with van der Waals surface area (Å²) in [6.45, 7) is 3.41. The van der Waals surface area contributed by atoms with Gasteiger partial charge in [-0.1, -0.05) is 0 Å². The van der Waals surface area contributed by atoms with Crippen molar-refractivity contribution >= 4 is 5.91 Å². The fraction of sp³-hybridized carbons (Fsp3) is 0.571. The average molecular weight is 246 g/mol. The SMILES string of the molecule is CC(=O)N1C[C@H]2CC[C@@H](Oc3cccnc3)[C@H]2C1. The molecule has 0 N–H and O–H groups in total. The summed E-state index contributed by atoms with van der Waals surface area (Å²) < 4.78 is 6.02. The maximum atomic E-state index is 11.4. The van der Waals surface area contributed by atoms with E-state index < -0.39 is 0 Å². The van der Waals surface area contributed by atoms with Crippen molar-refractivity contribution in [1.82, 2.24) is 9.88 Å². The first kappa shape index (κ1) is 11.5. The molecule has 1 saturated carbocycles. The summed E-state index contributed by atoms with van der Waals surface area (Å²) in [6, 6.07) is 3.83. The maximum Gasteiger partial charge on any atom is 0.219 e. The number of nitrogens with zero attached hydrogens (tertiary/aromatic N) is 2. The summed E-state index contributed by atoms with van der Waals surface area (Å²) in [7, 11) is 0. The predicted molar refractivity (Wildman–Crippen MR) is 67.1 cm³/mol. The second kappa shape index (κ2) is 4.59. The fourth-order valence-corrected chi connectivity index (χ4v) is 3.21. The number of fused-ring (bicyclic) bond motifs is 1. The normalized spacial score (nSPS) is 30.3. The number of pyridine rings is 1. The number of hydrogen-bond acceptors (Lipinski definition) is 3. The highest BCUT2D eigenvalue weighted by atomic mass is 16.5. The van der Waals surface area contributed by atoms with Gasteiger partial charge in [0.1, 0.15) is 11.9 Å². The number of aromatic nitrogens is 1. The Morgan fingerprint density at radius 1 is 1.44 bits per heavy atom. The second-order valence-corrected chi connectivity index (χ2v) is 5.27. The van der Waals surface area contributed by atoms with Gasteiger partial charge in [0.05, 0.1) is 6.20 Å². The first-order valence-electron chi connectivity index (χ1n) is 6.56. The van der Waals surface area contributed by atoms with Crippen LogP contribution in [0.2, 0.25) is 0 Å². The van der Waals surface area contributed by atoms with E-state index in [1.807, 2.05) is 17.0 Å². The zero-order valence-corrected chi connectivity index (χ0v) is 10.6. The standard InChI is InChI=1S/C14H18N2O2/c1-10(17)16-8-11-4-5-14(13(11)9-16)18-12-3-2-6-15-7-12/h2-3,6-7,11,13-14H,4-5,8-9H2,1H3/t11-,13+,14-/m1/s1. The molecule has 18 heavy (non-hydrogen) atoms. The molecule has 4 nitrogen and oxygen atoms in total. The molecule has 1 aromatic heterocycles. The Balaban J connectivity index is 1.67. The molecule has 1 amide bonds. The molecule has 3 rings (SSSR count). The molecular weight excluding hydrogens is 228 g/mol. The Morgan fingerprint density at radius 3 is 3.06 bits per heavy atom. The summed E-state index contributed by atoms with van der Waals surface area (Å²) in [5, 5.41) is 0. The lowest BCUT2D eigenvalue weighted by Gasteiger charge is -2.21. The number of ether oxygens (including phenoxy) is 1. The minimum atomic E-state index is 0.185. The van der Waals surface area contributed by atoms with E-state index in [4.69, 9.17) is 4.74 Å². The minimum absolute atomic E-state index is 0.185. The van der Waals surface area contributed by atoms with Crippen molar-refractivity contribution in [1.29, 1.82) is 0 Å². The molecular formula is C14H18N2O2. The second-order valence-electron chi connectivity index (χ2n) is 5.27. The lowest BCUT2D eigenvalue weighted by molar-refractivity contribution is -0.128. The number of carbonyl (C=O) groups is 1. The molecule has 2 aliphatic rings. The monoisotopic (exact) mass is 246 g/mol. The van der Waals surface area contributed by atoms with E-state index in [9.17, 15) is 4.79 Å². The van der Waals surface area contributed by atoms with E-state index >= 15 is 0 Å². The van der Waals surface area contributed by atoms with Crippen LogP contribution in [-0.2, 0) is 4.79 Å². The smallest absolute Gasteiger partial charge is 0.219 e. The molecule has 0 radical (unpaired) electrons. The highest BCUT2D eigenvalue weighted by Gasteiger charge is 2.44. The van der Waals surface area contributed by atoms with Crippen molar-refractivity contribution in [3.05, 3.63) is 24.5 Å². The first-order valence-corrected chi connectivity index (χ1v) is 6.56. The Kier molecular flexibility index (Phi) is 2.94. The molecule has 3 atom stereocenters. The summed E-state index contributed by atoms with van der Waals surface area (Å²) >= 11 is 0. The van der Waals surface area contributed by atoms with Gasteiger partial charge in [-0.25, -0.2) is 0 Å². The molecule has 1 saturated heterocycles. The average Bonchev–Trinajstić information content (AvgIpc) is 2.93. The number of likely N-dealkylation sites (tertiary alicyclic amines) is 1. The van der Waals surface area contributed by atoms with Crippen LogP contribution in [0.5, 0.6) is 5.75 Å². The maximum absolute atomic E-state index is 11.4. The molecule has 4 heteroatoms. The van der Waals surface area contributed by atoms with Gasteiger partial charge in [0, 0.05) is 32.1 Å².